The molecule has 38 heavy (non-hydrogen) atoms. The normalized spacial score (nSPS) is 21.1. The zero-order chi connectivity index (χ0) is 26.5. The third-order valence-electron chi connectivity index (χ3n) is 7.97. The van der Waals surface area contributed by atoms with Gasteiger partial charge in [0.1, 0.15) is 11.6 Å². The summed E-state index contributed by atoms with van der Waals surface area (Å²) in [5, 5.41) is 10.2. The summed E-state index contributed by atoms with van der Waals surface area (Å²) in [6, 6.07) is 4.82. The molecule has 3 fully saturated rings. The van der Waals surface area contributed by atoms with Crippen molar-refractivity contribution >= 4 is 23.5 Å². The number of piperidine rings is 1. The molecule has 4 heterocycles. The number of aliphatic hydroxyl groups excluding tert-OH is 1. The number of aliphatic hydroxyl groups is 1. The number of β-amino-alcohol motifs (C(OH)–C–C–N with tert-alkyl or cyclic N) is 1. The zero-order valence-corrected chi connectivity index (χ0v) is 22.5. The van der Waals surface area contributed by atoms with Gasteiger partial charge in [-0.15, -0.1) is 0 Å². The molecule has 10 heteroatoms. The lowest BCUT2D eigenvalue weighted by Gasteiger charge is -2.41. The third kappa shape index (κ3) is 7.12. The number of anilines is 1. The molecule has 1 aromatic carbocycles. The van der Waals surface area contributed by atoms with Crippen molar-refractivity contribution in [1.29, 1.82) is 0 Å². The standard InChI is InChI=1S/C28H37ClFN5O3/c29-23-14-31-28(32-15-23)34-9-5-20(6-10-34)2-1-11-38-25-4-3-22(26(30)13-25)12-27(37)35-17-21(18-35)16-33-8-7-24(36)19-33/h3-4,13-15,20-21,24,36H,1-2,5-12,16-19H2/t24-/m1/s1. The molecule has 0 bridgehead atoms. The average Bonchev–Trinajstić information content (AvgIpc) is 3.31. The third-order valence-corrected chi connectivity index (χ3v) is 8.16. The van der Waals surface area contributed by atoms with Crippen LogP contribution < -0.4 is 9.64 Å². The van der Waals surface area contributed by atoms with Gasteiger partial charge >= 0.3 is 0 Å². The largest absolute Gasteiger partial charge is 0.493 e. The lowest BCUT2D eigenvalue weighted by Crippen LogP contribution is -2.54. The number of hydrogen-bond donors (Lipinski definition) is 1. The molecule has 0 radical (unpaired) electrons. The zero-order valence-electron chi connectivity index (χ0n) is 21.8. The summed E-state index contributed by atoms with van der Waals surface area (Å²) in [7, 11) is 0. The Labute approximate surface area is 228 Å². The minimum Gasteiger partial charge on any atom is -0.493 e. The fourth-order valence-corrected chi connectivity index (χ4v) is 5.82. The summed E-state index contributed by atoms with van der Waals surface area (Å²) < 4.78 is 20.5. The predicted octanol–water partition coefficient (Wildman–Crippen LogP) is 3.41. The molecule has 1 N–H and O–H groups in total. The highest BCUT2D eigenvalue weighted by molar-refractivity contribution is 6.30. The van der Waals surface area contributed by atoms with Gasteiger partial charge in [0.2, 0.25) is 11.9 Å². The Hall–Kier alpha value is -2.49. The molecule has 3 aliphatic heterocycles. The van der Waals surface area contributed by atoms with Gasteiger partial charge < -0.3 is 24.5 Å². The van der Waals surface area contributed by atoms with Crippen LogP contribution in [0.1, 0.15) is 37.7 Å². The van der Waals surface area contributed by atoms with Gasteiger partial charge in [0.15, 0.2) is 0 Å². The van der Waals surface area contributed by atoms with Crippen molar-refractivity contribution in [2.24, 2.45) is 11.8 Å². The van der Waals surface area contributed by atoms with Gasteiger partial charge in [-0.05, 0) is 49.7 Å². The maximum Gasteiger partial charge on any atom is 0.227 e. The number of carbonyl (C=O) groups is 1. The molecule has 1 aromatic heterocycles. The average molecular weight is 546 g/mol. The number of rotatable bonds is 10. The van der Waals surface area contributed by atoms with Crippen molar-refractivity contribution in [1.82, 2.24) is 19.8 Å². The van der Waals surface area contributed by atoms with E-state index in [2.05, 4.69) is 19.8 Å². The summed E-state index contributed by atoms with van der Waals surface area (Å²) in [6.45, 7) is 6.39. The molecular weight excluding hydrogens is 509 g/mol. The van der Waals surface area contributed by atoms with Crippen molar-refractivity contribution in [3.8, 4) is 5.75 Å². The maximum atomic E-state index is 14.7. The molecule has 3 aliphatic rings. The molecule has 1 atom stereocenters. The Balaban J connectivity index is 0.972. The predicted molar refractivity (Wildman–Crippen MR) is 144 cm³/mol. The fourth-order valence-electron chi connectivity index (χ4n) is 5.72. The molecule has 2 aromatic rings. The number of ether oxygens (including phenoxy) is 1. The molecule has 206 valence electrons. The summed E-state index contributed by atoms with van der Waals surface area (Å²) in [6.07, 6.45) is 8.10. The molecular formula is C28H37ClFN5O3. The number of benzene rings is 1. The summed E-state index contributed by atoms with van der Waals surface area (Å²) in [4.78, 5) is 27.5. The second-order valence-electron chi connectivity index (χ2n) is 10.9. The van der Waals surface area contributed by atoms with Crippen LogP contribution in [-0.2, 0) is 11.2 Å². The van der Waals surface area contributed by atoms with E-state index in [4.69, 9.17) is 16.3 Å². The molecule has 0 saturated carbocycles. The number of amides is 1. The summed E-state index contributed by atoms with van der Waals surface area (Å²) in [5.41, 5.74) is 0.407. The van der Waals surface area contributed by atoms with E-state index >= 15 is 0 Å². The van der Waals surface area contributed by atoms with Crippen LogP contribution in [0.3, 0.4) is 0 Å². The number of halogens is 2. The molecule has 5 rings (SSSR count). The molecule has 1 amide bonds. The Bertz CT molecular complexity index is 1080. The van der Waals surface area contributed by atoms with E-state index < -0.39 is 5.82 Å². The Morgan fingerprint density at radius 2 is 1.84 bits per heavy atom. The van der Waals surface area contributed by atoms with Crippen LogP contribution in [0.25, 0.3) is 0 Å². The summed E-state index contributed by atoms with van der Waals surface area (Å²) in [5.74, 6) is 1.88. The number of aromatic nitrogens is 2. The van der Waals surface area contributed by atoms with Crippen molar-refractivity contribution in [3.63, 3.8) is 0 Å². The van der Waals surface area contributed by atoms with E-state index in [0.29, 0.717) is 47.9 Å². The van der Waals surface area contributed by atoms with Crippen LogP contribution in [0.4, 0.5) is 10.3 Å². The summed E-state index contributed by atoms with van der Waals surface area (Å²) >= 11 is 5.88. The minimum absolute atomic E-state index is 0.0380. The molecule has 0 spiro atoms. The second-order valence-corrected chi connectivity index (χ2v) is 11.4. The maximum absolute atomic E-state index is 14.7. The van der Waals surface area contributed by atoms with E-state index in [1.807, 2.05) is 0 Å². The SMILES string of the molecule is O=C(Cc1ccc(OCCCC2CCN(c3ncc(Cl)cn3)CC2)cc1F)N1CC(CN2CC[C@@H](O)C2)C1. The monoisotopic (exact) mass is 545 g/mol. The van der Waals surface area contributed by atoms with Gasteiger partial charge in [0.25, 0.3) is 0 Å². The first-order chi connectivity index (χ1) is 18.4. The number of hydrogen-bond acceptors (Lipinski definition) is 7. The Kier molecular flexibility index (Phi) is 8.97. The Morgan fingerprint density at radius 3 is 2.53 bits per heavy atom. The van der Waals surface area contributed by atoms with E-state index in [0.717, 1.165) is 70.8 Å². The highest BCUT2D eigenvalue weighted by atomic mass is 35.5. The topological polar surface area (TPSA) is 82.0 Å². The molecule has 0 aliphatic carbocycles. The van der Waals surface area contributed by atoms with Gasteiger partial charge in [0.05, 0.1) is 36.5 Å². The van der Waals surface area contributed by atoms with Gasteiger partial charge in [-0.3, -0.25) is 4.79 Å². The first-order valence-electron chi connectivity index (χ1n) is 13.7. The lowest BCUT2D eigenvalue weighted by molar-refractivity contribution is -0.137. The van der Waals surface area contributed by atoms with E-state index in [1.165, 1.54) is 6.07 Å². The van der Waals surface area contributed by atoms with Crippen LogP contribution >= 0.6 is 11.6 Å². The van der Waals surface area contributed by atoms with E-state index in [1.54, 1.807) is 29.4 Å². The second kappa shape index (κ2) is 12.6. The number of likely N-dealkylation sites (tertiary alicyclic amines) is 2. The highest BCUT2D eigenvalue weighted by Gasteiger charge is 2.33. The van der Waals surface area contributed by atoms with Crippen LogP contribution in [0.5, 0.6) is 5.75 Å². The first kappa shape index (κ1) is 27.1. The van der Waals surface area contributed by atoms with Crippen molar-refractivity contribution in [3.05, 3.63) is 47.0 Å². The van der Waals surface area contributed by atoms with Gasteiger partial charge in [0, 0.05) is 57.8 Å². The number of carbonyl (C=O) groups excluding carboxylic acids is 1. The van der Waals surface area contributed by atoms with Crippen LogP contribution in [0.2, 0.25) is 5.02 Å². The van der Waals surface area contributed by atoms with Crippen molar-refractivity contribution < 1.29 is 19.0 Å². The lowest BCUT2D eigenvalue weighted by atomic mass is 9.92. The van der Waals surface area contributed by atoms with Crippen LogP contribution in [-0.4, -0.2) is 89.3 Å². The Morgan fingerprint density at radius 1 is 1.08 bits per heavy atom. The number of nitrogens with zero attached hydrogens (tertiary/aromatic N) is 5. The fraction of sp³-hybridized carbons (Fsp3) is 0.607. The quantitative estimate of drug-likeness (QED) is 0.458. The molecule has 0 unspecified atom stereocenters. The van der Waals surface area contributed by atoms with Crippen LogP contribution in [0.15, 0.2) is 30.6 Å². The van der Waals surface area contributed by atoms with Crippen molar-refractivity contribution in [2.75, 3.05) is 57.3 Å². The minimum atomic E-state index is -0.393. The van der Waals surface area contributed by atoms with Gasteiger partial charge in [-0.2, -0.15) is 0 Å². The van der Waals surface area contributed by atoms with Crippen LogP contribution in [0, 0.1) is 17.7 Å². The van der Waals surface area contributed by atoms with E-state index in [9.17, 15) is 14.3 Å². The van der Waals surface area contributed by atoms with Crippen molar-refractivity contribution in [2.45, 2.75) is 44.6 Å². The van der Waals surface area contributed by atoms with E-state index in [-0.39, 0.29) is 18.4 Å². The van der Waals surface area contributed by atoms with Gasteiger partial charge in [-0.1, -0.05) is 17.7 Å². The highest BCUT2D eigenvalue weighted by Crippen LogP contribution is 2.26. The van der Waals surface area contributed by atoms with Gasteiger partial charge in [-0.25, -0.2) is 14.4 Å². The molecule has 8 nitrogen and oxygen atoms in total. The smallest absolute Gasteiger partial charge is 0.227 e. The first-order valence-corrected chi connectivity index (χ1v) is 14.1. The molecule has 3 saturated heterocycles.